The van der Waals surface area contributed by atoms with Crippen LogP contribution in [0.2, 0.25) is 5.02 Å². The summed E-state index contributed by atoms with van der Waals surface area (Å²) < 4.78 is 16.2. The Kier molecular flexibility index (Phi) is 7.06. The number of ether oxygens (including phenoxy) is 3. The molecule has 3 heterocycles. The summed E-state index contributed by atoms with van der Waals surface area (Å²) in [6.45, 7) is 4.46. The third kappa shape index (κ3) is 5.08. The van der Waals surface area contributed by atoms with Crippen molar-refractivity contribution in [3.8, 4) is 17.2 Å². The van der Waals surface area contributed by atoms with E-state index in [2.05, 4.69) is 21.3 Å². The Morgan fingerprint density at radius 2 is 2.12 bits per heavy atom. The number of piperidine rings is 1. The fourth-order valence-corrected chi connectivity index (χ4v) is 5.20. The number of halogens is 1. The second-order valence-corrected chi connectivity index (χ2v) is 9.41. The molecule has 2 aliphatic heterocycles. The van der Waals surface area contributed by atoms with Crippen LogP contribution in [-0.2, 0) is 6.54 Å². The van der Waals surface area contributed by atoms with Crippen molar-refractivity contribution in [2.24, 2.45) is 5.92 Å². The highest BCUT2D eigenvalue weighted by atomic mass is 35.5. The molecule has 3 aromatic rings. The van der Waals surface area contributed by atoms with Crippen molar-refractivity contribution in [3.05, 3.63) is 58.7 Å². The first-order chi connectivity index (χ1) is 16.6. The summed E-state index contributed by atoms with van der Waals surface area (Å²) >= 11 is 6.49. The summed E-state index contributed by atoms with van der Waals surface area (Å²) in [5, 5.41) is 16.1. The molecule has 7 nitrogen and oxygen atoms in total. The Hall–Kier alpha value is -2.58. The fraction of sp³-hybridized carbons (Fsp3) is 0.423. The van der Waals surface area contributed by atoms with Crippen LogP contribution in [-0.4, -0.2) is 55.1 Å². The maximum Gasteiger partial charge on any atom is 0.231 e. The van der Waals surface area contributed by atoms with Crippen molar-refractivity contribution in [2.45, 2.75) is 25.5 Å². The highest BCUT2D eigenvalue weighted by Crippen LogP contribution is 2.34. The molecular formula is C26H30ClN3O4. The Bertz CT molecular complexity index is 1160. The number of aliphatic hydroxyl groups is 1. The second-order valence-electron chi connectivity index (χ2n) is 9.01. The molecule has 2 aliphatic rings. The lowest BCUT2D eigenvalue weighted by Gasteiger charge is -2.34. The molecule has 34 heavy (non-hydrogen) atoms. The van der Waals surface area contributed by atoms with Crippen LogP contribution >= 0.6 is 11.6 Å². The SMILES string of the molecule is COc1ccc2ncc(Cl)c(C(O)CN3CCCC(CNCc4ccc5c(c4)OCO5)C3)c2c1. The quantitative estimate of drug-likeness (QED) is 0.498. The first-order valence-electron chi connectivity index (χ1n) is 11.7. The third-order valence-electron chi connectivity index (χ3n) is 6.63. The van der Waals surface area contributed by atoms with Gasteiger partial charge in [-0.25, -0.2) is 0 Å². The van der Waals surface area contributed by atoms with Crippen LogP contribution in [0.1, 0.15) is 30.1 Å². The average molecular weight is 484 g/mol. The number of nitrogens with zero attached hydrogens (tertiary/aromatic N) is 2. The number of β-amino-alcohol motifs (C(OH)–C–C–N with tert-alkyl or cyclic N) is 1. The molecule has 2 unspecified atom stereocenters. The van der Waals surface area contributed by atoms with Crippen LogP contribution in [0.5, 0.6) is 17.2 Å². The van der Waals surface area contributed by atoms with Crippen LogP contribution in [0.4, 0.5) is 0 Å². The number of methoxy groups -OCH3 is 1. The van der Waals surface area contributed by atoms with Gasteiger partial charge >= 0.3 is 0 Å². The molecule has 1 aromatic heterocycles. The third-order valence-corrected chi connectivity index (χ3v) is 6.94. The smallest absolute Gasteiger partial charge is 0.231 e. The Balaban J connectivity index is 1.19. The van der Waals surface area contributed by atoms with Gasteiger partial charge in [-0.3, -0.25) is 4.98 Å². The summed E-state index contributed by atoms with van der Waals surface area (Å²) in [5.41, 5.74) is 2.69. The molecule has 0 radical (unpaired) electrons. The van der Waals surface area contributed by atoms with Crippen LogP contribution in [0.25, 0.3) is 10.9 Å². The number of hydrogen-bond donors (Lipinski definition) is 2. The van der Waals surface area contributed by atoms with Gasteiger partial charge in [0.2, 0.25) is 6.79 Å². The molecule has 1 fully saturated rings. The molecule has 2 atom stereocenters. The molecule has 2 N–H and O–H groups in total. The molecule has 8 heteroatoms. The molecule has 5 rings (SSSR count). The van der Waals surface area contributed by atoms with Crippen molar-refractivity contribution < 1.29 is 19.3 Å². The summed E-state index contributed by atoms with van der Waals surface area (Å²) in [4.78, 5) is 6.74. The van der Waals surface area contributed by atoms with Crippen molar-refractivity contribution >= 4 is 22.5 Å². The number of pyridine rings is 1. The number of aromatic nitrogens is 1. The molecule has 1 saturated heterocycles. The number of benzene rings is 2. The first kappa shape index (κ1) is 23.2. The van der Waals surface area contributed by atoms with E-state index < -0.39 is 6.10 Å². The van der Waals surface area contributed by atoms with Gasteiger partial charge < -0.3 is 29.5 Å². The first-order valence-corrected chi connectivity index (χ1v) is 12.1. The van der Waals surface area contributed by atoms with E-state index >= 15 is 0 Å². The lowest BCUT2D eigenvalue weighted by atomic mass is 9.96. The molecular weight excluding hydrogens is 454 g/mol. The number of nitrogens with one attached hydrogen (secondary N) is 1. The van der Waals surface area contributed by atoms with Crippen molar-refractivity contribution in [3.63, 3.8) is 0 Å². The largest absolute Gasteiger partial charge is 0.497 e. The van der Waals surface area contributed by atoms with Gasteiger partial charge in [0.05, 0.1) is 23.8 Å². The van der Waals surface area contributed by atoms with Gasteiger partial charge in [-0.1, -0.05) is 17.7 Å². The van der Waals surface area contributed by atoms with Crippen LogP contribution in [0, 0.1) is 5.92 Å². The minimum absolute atomic E-state index is 0.296. The standard InChI is InChI=1S/C26H30ClN3O4/c1-32-19-5-6-22-20(10-19)26(21(27)13-29-22)23(31)15-30-8-2-3-18(14-30)12-28-11-17-4-7-24-25(9-17)34-16-33-24/h4-7,9-10,13,18,23,28,31H,2-3,8,11-12,14-16H2,1H3. The summed E-state index contributed by atoms with van der Waals surface area (Å²) in [5.74, 6) is 2.87. The van der Waals surface area contributed by atoms with E-state index in [1.54, 1.807) is 13.3 Å². The number of rotatable bonds is 8. The van der Waals surface area contributed by atoms with E-state index in [0.29, 0.717) is 29.8 Å². The zero-order valence-electron chi connectivity index (χ0n) is 19.3. The van der Waals surface area contributed by atoms with Gasteiger partial charge in [-0.2, -0.15) is 0 Å². The molecule has 0 saturated carbocycles. The second kappa shape index (κ2) is 10.4. The van der Waals surface area contributed by atoms with Crippen molar-refractivity contribution in [1.29, 1.82) is 0 Å². The molecule has 180 valence electrons. The molecule has 0 spiro atoms. The lowest BCUT2D eigenvalue weighted by molar-refractivity contribution is 0.0849. The van der Waals surface area contributed by atoms with E-state index in [0.717, 1.165) is 60.8 Å². The van der Waals surface area contributed by atoms with Gasteiger partial charge in [0.1, 0.15) is 5.75 Å². The van der Waals surface area contributed by atoms with Gasteiger partial charge in [-0.05, 0) is 67.7 Å². The minimum atomic E-state index is -0.703. The van der Waals surface area contributed by atoms with E-state index in [1.165, 1.54) is 12.0 Å². The van der Waals surface area contributed by atoms with E-state index in [4.69, 9.17) is 25.8 Å². The summed E-state index contributed by atoms with van der Waals surface area (Å²) in [6, 6.07) is 11.7. The zero-order chi connectivity index (χ0) is 23.5. The molecule has 0 amide bonds. The van der Waals surface area contributed by atoms with Crippen molar-refractivity contribution in [1.82, 2.24) is 15.2 Å². The van der Waals surface area contributed by atoms with E-state index in [-0.39, 0.29) is 0 Å². The predicted octanol–water partition coefficient (Wildman–Crippen LogP) is 4.16. The number of aliphatic hydroxyl groups excluding tert-OH is 1. The van der Waals surface area contributed by atoms with E-state index in [1.807, 2.05) is 30.3 Å². The maximum absolute atomic E-state index is 11.2. The normalized spacial score (nSPS) is 18.9. The highest BCUT2D eigenvalue weighted by Gasteiger charge is 2.24. The lowest BCUT2D eigenvalue weighted by Crippen LogP contribution is -2.41. The van der Waals surface area contributed by atoms with Gasteiger partial charge in [0.15, 0.2) is 11.5 Å². The number of hydrogen-bond acceptors (Lipinski definition) is 7. The number of fused-ring (bicyclic) bond motifs is 2. The Labute approximate surface area is 204 Å². The van der Waals surface area contributed by atoms with Crippen LogP contribution in [0.3, 0.4) is 0 Å². The van der Waals surface area contributed by atoms with Crippen molar-refractivity contribution in [2.75, 3.05) is 40.1 Å². The topological polar surface area (TPSA) is 76.1 Å². The average Bonchev–Trinajstić information content (AvgIpc) is 3.32. The molecule has 2 aromatic carbocycles. The maximum atomic E-state index is 11.2. The molecule has 0 bridgehead atoms. The fourth-order valence-electron chi connectivity index (χ4n) is 4.92. The number of likely N-dealkylation sites (tertiary alicyclic amines) is 1. The molecule has 0 aliphatic carbocycles. The van der Waals surface area contributed by atoms with Gasteiger partial charge in [-0.15, -0.1) is 0 Å². The Morgan fingerprint density at radius 1 is 1.24 bits per heavy atom. The highest BCUT2D eigenvalue weighted by molar-refractivity contribution is 6.32. The predicted molar refractivity (Wildman–Crippen MR) is 132 cm³/mol. The summed E-state index contributed by atoms with van der Waals surface area (Å²) in [7, 11) is 1.63. The monoisotopic (exact) mass is 483 g/mol. The van der Waals surface area contributed by atoms with Crippen LogP contribution < -0.4 is 19.5 Å². The minimum Gasteiger partial charge on any atom is -0.497 e. The van der Waals surface area contributed by atoms with Crippen LogP contribution in [0.15, 0.2) is 42.6 Å². The van der Waals surface area contributed by atoms with Gasteiger partial charge in [0, 0.05) is 36.8 Å². The zero-order valence-corrected chi connectivity index (χ0v) is 20.1. The Morgan fingerprint density at radius 3 is 3.00 bits per heavy atom. The summed E-state index contributed by atoms with van der Waals surface area (Å²) in [6.07, 6.45) is 3.21. The van der Waals surface area contributed by atoms with E-state index in [9.17, 15) is 5.11 Å². The van der Waals surface area contributed by atoms with Gasteiger partial charge in [0.25, 0.3) is 0 Å².